The molecule has 2 heterocycles. The van der Waals surface area contributed by atoms with Gasteiger partial charge < -0.3 is 9.52 Å². The molecule has 0 spiro atoms. The van der Waals surface area contributed by atoms with Gasteiger partial charge in [-0.15, -0.1) is 0 Å². The number of rotatable bonds is 4. The summed E-state index contributed by atoms with van der Waals surface area (Å²) in [6, 6.07) is 8.82. The van der Waals surface area contributed by atoms with Crippen molar-refractivity contribution < 1.29 is 14.3 Å². The van der Waals surface area contributed by atoms with E-state index < -0.39 is 5.97 Å². The molecular formula is C15H14N2O4. The van der Waals surface area contributed by atoms with Gasteiger partial charge in [0, 0.05) is 6.54 Å². The van der Waals surface area contributed by atoms with Crippen LogP contribution in [0.25, 0.3) is 11.0 Å². The quantitative estimate of drug-likeness (QED) is 0.797. The van der Waals surface area contributed by atoms with E-state index in [-0.39, 0.29) is 23.6 Å². The van der Waals surface area contributed by atoms with Crippen LogP contribution < -0.4 is 5.69 Å². The number of nitrogens with zero attached hydrogens (tertiary/aromatic N) is 2. The van der Waals surface area contributed by atoms with Gasteiger partial charge in [0.2, 0.25) is 0 Å². The summed E-state index contributed by atoms with van der Waals surface area (Å²) < 4.78 is 8.41. The van der Waals surface area contributed by atoms with Crippen LogP contribution in [0.5, 0.6) is 0 Å². The van der Waals surface area contributed by atoms with Crippen molar-refractivity contribution in [1.29, 1.82) is 0 Å². The van der Waals surface area contributed by atoms with Gasteiger partial charge in [0.25, 0.3) is 0 Å². The Morgan fingerprint density at radius 2 is 1.86 bits per heavy atom. The van der Waals surface area contributed by atoms with E-state index in [2.05, 4.69) is 0 Å². The number of furan rings is 1. The first kappa shape index (κ1) is 13.2. The van der Waals surface area contributed by atoms with Gasteiger partial charge in [-0.1, -0.05) is 12.1 Å². The molecule has 3 rings (SSSR count). The normalized spacial score (nSPS) is 11.1. The fourth-order valence-electron chi connectivity index (χ4n) is 2.53. The van der Waals surface area contributed by atoms with Gasteiger partial charge in [-0.2, -0.15) is 0 Å². The van der Waals surface area contributed by atoms with Crippen LogP contribution in [0.15, 0.2) is 45.8 Å². The highest BCUT2D eigenvalue weighted by molar-refractivity contribution is 5.88. The predicted octanol–water partition coefficient (Wildman–Crippen LogP) is 2.16. The van der Waals surface area contributed by atoms with Crippen LogP contribution in [-0.2, 0) is 13.1 Å². The number of hydrogen-bond acceptors (Lipinski definition) is 3. The zero-order valence-electron chi connectivity index (χ0n) is 11.4. The lowest BCUT2D eigenvalue weighted by Gasteiger charge is -2.01. The molecule has 0 aliphatic rings. The average molecular weight is 286 g/mol. The smallest absolute Gasteiger partial charge is 0.339 e. The first-order valence-electron chi connectivity index (χ1n) is 6.61. The lowest BCUT2D eigenvalue weighted by molar-refractivity contribution is 0.0694. The molecule has 1 N–H and O–H groups in total. The van der Waals surface area contributed by atoms with Gasteiger partial charge >= 0.3 is 11.7 Å². The summed E-state index contributed by atoms with van der Waals surface area (Å²) in [5.74, 6) is -0.797. The monoisotopic (exact) mass is 286 g/mol. The van der Waals surface area contributed by atoms with E-state index in [4.69, 9.17) is 9.52 Å². The van der Waals surface area contributed by atoms with Crippen molar-refractivity contribution in [3.63, 3.8) is 0 Å². The van der Waals surface area contributed by atoms with E-state index >= 15 is 0 Å². The number of aryl methyl sites for hydroxylation is 1. The largest absolute Gasteiger partial charge is 0.478 e. The molecule has 21 heavy (non-hydrogen) atoms. The number of aromatic nitrogens is 2. The molecule has 0 bridgehead atoms. The molecule has 6 nitrogen and oxygen atoms in total. The van der Waals surface area contributed by atoms with E-state index in [0.717, 1.165) is 11.0 Å². The molecule has 3 aromatic rings. The summed E-state index contributed by atoms with van der Waals surface area (Å²) in [7, 11) is 0. The number of carbonyl (C=O) groups is 1. The number of fused-ring (bicyclic) bond motifs is 1. The highest BCUT2D eigenvalue weighted by atomic mass is 16.4. The SMILES string of the molecule is CCn1c(=O)n(Cc2occc2C(=O)O)c2ccccc21. The third kappa shape index (κ3) is 2.05. The van der Waals surface area contributed by atoms with Crippen LogP contribution in [0.2, 0.25) is 0 Å². The second-order valence-corrected chi connectivity index (χ2v) is 4.66. The minimum atomic E-state index is -1.06. The zero-order chi connectivity index (χ0) is 15.0. The molecule has 0 amide bonds. The number of hydrogen-bond donors (Lipinski definition) is 1. The van der Waals surface area contributed by atoms with E-state index in [1.165, 1.54) is 16.9 Å². The van der Waals surface area contributed by atoms with Gasteiger partial charge in [0.1, 0.15) is 11.3 Å². The Labute approximate surface area is 119 Å². The summed E-state index contributed by atoms with van der Waals surface area (Å²) in [6.07, 6.45) is 1.32. The van der Waals surface area contributed by atoms with Gasteiger partial charge in [-0.05, 0) is 25.1 Å². The molecular weight excluding hydrogens is 272 g/mol. The first-order valence-corrected chi connectivity index (χ1v) is 6.61. The van der Waals surface area contributed by atoms with Crippen molar-refractivity contribution >= 4 is 17.0 Å². The number of para-hydroxylation sites is 2. The lowest BCUT2D eigenvalue weighted by atomic mass is 10.2. The van der Waals surface area contributed by atoms with Crippen LogP contribution in [0.4, 0.5) is 0 Å². The van der Waals surface area contributed by atoms with Crippen molar-refractivity contribution in [2.75, 3.05) is 0 Å². The zero-order valence-corrected chi connectivity index (χ0v) is 11.4. The predicted molar refractivity (Wildman–Crippen MR) is 76.6 cm³/mol. The van der Waals surface area contributed by atoms with Crippen molar-refractivity contribution in [1.82, 2.24) is 9.13 Å². The van der Waals surface area contributed by atoms with E-state index in [1.807, 2.05) is 31.2 Å². The number of imidazole rings is 1. The van der Waals surface area contributed by atoms with Crippen molar-refractivity contribution in [3.05, 3.63) is 58.4 Å². The highest BCUT2D eigenvalue weighted by Gasteiger charge is 2.17. The van der Waals surface area contributed by atoms with E-state index in [1.54, 1.807) is 4.57 Å². The molecule has 0 unspecified atom stereocenters. The maximum atomic E-state index is 12.5. The van der Waals surface area contributed by atoms with Gasteiger partial charge in [-0.25, -0.2) is 9.59 Å². The summed E-state index contributed by atoms with van der Waals surface area (Å²) >= 11 is 0. The molecule has 0 radical (unpaired) electrons. The van der Waals surface area contributed by atoms with Crippen LogP contribution in [0, 0.1) is 0 Å². The summed E-state index contributed by atoms with van der Waals surface area (Å²) in [5.41, 5.74) is 1.49. The maximum absolute atomic E-state index is 12.5. The molecule has 0 saturated carbocycles. The van der Waals surface area contributed by atoms with Crippen LogP contribution in [0.3, 0.4) is 0 Å². The Kier molecular flexibility index (Phi) is 3.13. The standard InChI is InChI=1S/C15H14N2O4/c1-2-16-11-5-3-4-6-12(11)17(15(16)20)9-13-10(14(18)19)7-8-21-13/h3-8H,2,9H2,1H3,(H,18,19). The summed E-state index contributed by atoms with van der Waals surface area (Å²) in [4.78, 5) is 23.6. The molecule has 2 aromatic heterocycles. The average Bonchev–Trinajstić information content (AvgIpc) is 3.03. The second-order valence-electron chi connectivity index (χ2n) is 4.66. The Morgan fingerprint density at radius 3 is 2.48 bits per heavy atom. The first-order chi connectivity index (χ1) is 10.1. The molecule has 1 aromatic carbocycles. The minimum Gasteiger partial charge on any atom is -0.478 e. The number of aromatic carboxylic acids is 1. The van der Waals surface area contributed by atoms with Crippen LogP contribution >= 0.6 is 0 Å². The van der Waals surface area contributed by atoms with Gasteiger partial charge in [0.05, 0.1) is 23.8 Å². The van der Waals surface area contributed by atoms with Crippen LogP contribution in [0.1, 0.15) is 23.0 Å². The summed E-state index contributed by atoms with van der Waals surface area (Å²) in [6.45, 7) is 2.55. The number of carboxylic acid groups (broad SMARTS) is 1. The fourth-order valence-corrected chi connectivity index (χ4v) is 2.53. The van der Waals surface area contributed by atoms with Crippen molar-refractivity contribution in [3.8, 4) is 0 Å². The Bertz CT molecular complexity index is 869. The fraction of sp³-hybridized carbons (Fsp3) is 0.200. The third-order valence-corrected chi connectivity index (χ3v) is 3.52. The molecule has 0 aliphatic carbocycles. The Morgan fingerprint density at radius 1 is 1.19 bits per heavy atom. The van der Waals surface area contributed by atoms with E-state index in [0.29, 0.717) is 6.54 Å². The van der Waals surface area contributed by atoms with E-state index in [9.17, 15) is 9.59 Å². The van der Waals surface area contributed by atoms with Crippen molar-refractivity contribution in [2.24, 2.45) is 0 Å². The lowest BCUT2D eigenvalue weighted by Crippen LogP contribution is -2.24. The summed E-state index contributed by atoms with van der Waals surface area (Å²) in [5, 5.41) is 9.11. The van der Waals surface area contributed by atoms with Gasteiger partial charge in [0.15, 0.2) is 0 Å². The topological polar surface area (TPSA) is 77.4 Å². The van der Waals surface area contributed by atoms with Crippen molar-refractivity contribution in [2.45, 2.75) is 20.0 Å². The third-order valence-electron chi connectivity index (χ3n) is 3.52. The molecule has 108 valence electrons. The number of benzene rings is 1. The molecule has 0 saturated heterocycles. The number of carboxylic acids is 1. The van der Waals surface area contributed by atoms with Crippen LogP contribution in [-0.4, -0.2) is 20.2 Å². The maximum Gasteiger partial charge on any atom is 0.339 e. The highest BCUT2D eigenvalue weighted by Crippen LogP contribution is 2.17. The molecule has 0 atom stereocenters. The molecule has 0 aliphatic heterocycles. The molecule has 6 heteroatoms. The molecule has 0 fully saturated rings. The Hall–Kier alpha value is -2.76. The Balaban J connectivity index is 2.17. The second kappa shape index (κ2) is 4.97. The minimum absolute atomic E-state index is 0.0789. The van der Waals surface area contributed by atoms with Gasteiger partial charge in [-0.3, -0.25) is 9.13 Å².